The van der Waals surface area contributed by atoms with Gasteiger partial charge in [0.25, 0.3) is 0 Å². The van der Waals surface area contributed by atoms with Gasteiger partial charge in [-0.2, -0.15) is 0 Å². The second kappa shape index (κ2) is 5.13. The summed E-state index contributed by atoms with van der Waals surface area (Å²) < 4.78 is 0. The van der Waals surface area contributed by atoms with E-state index in [1.54, 1.807) is 12.1 Å². The quantitative estimate of drug-likeness (QED) is 0.744. The molecule has 0 saturated carbocycles. The molecule has 0 aromatic heterocycles. The van der Waals surface area contributed by atoms with Crippen molar-refractivity contribution in [1.29, 1.82) is 0 Å². The normalized spacial score (nSPS) is 11.2. The summed E-state index contributed by atoms with van der Waals surface area (Å²) in [5.41, 5.74) is 1.75. The molecular weight excluding hydrogens is 216 g/mol. The van der Waals surface area contributed by atoms with E-state index >= 15 is 0 Å². The number of carbonyl (C=O) groups excluding carboxylic acids is 2. The lowest BCUT2D eigenvalue weighted by atomic mass is 9.86. The van der Waals surface area contributed by atoms with Gasteiger partial charge in [0.05, 0.1) is 0 Å². The van der Waals surface area contributed by atoms with Crippen molar-refractivity contribution in [2.45, 2.75) is 39.0 Å². The zero-order chi connectivity index (χ0) is 13.1. The van der Waals surface area contributed by atoms with Gasteiger partial charge in [0.1, 0.15) is 0 Å². The van der Waals surface area contributed by atoms with Crippen molar-refractivity contribution in [3.8, 4) is 0 Å². The van der Waals surface area contributed by atoms with Crippen LogP contribution in [0.3, 0.4) is 0 Å². The van der Waals surface area contributed by atoms with Gasteiger partial charge in [-0.1, -0.05) is 45.0 Å². The molecule has 0 spiro atoms. The first-order valence-electron chi connectivity index (χ1n) is 5.64. The van der Waals surface area contributed by atoms with Crippen LogP contribution in [0.25, 0.3) is 0 Å². The average Bonchev–Trinajstić information content (AvgIpc) is 2.25. The lowest BCUT2D eigenvalue weighted by Crippen LogP contribution is -2.22. The monoisotopic (exact) mass is 233 g/mol. The van der Waals surface area contributed by atoms with Crippen molar-refractivity contribution in [1.82, 2.24) is 0 Å². The number of hydrogen-bond donors (Lipinski definition) is 0. The Kier molecular flexibility index (Phi) is 4.05. The Morgan fingerprint density at radius 1 is 1.06 bits per heavy atom. The maximum Gasteiger partial charge on any atom is 0.163 e. The Morgan fingerprint density at radius 2 is 1.59 bits per heavy atom. The fourth-order valence-corrected chi connectivity index (χ4v) is 1.52. The molecule has 1 aromatic carbocycles. The molecule has 3 nitrogen and oxygen atoms in total. The third kappa shape index (κ3) is 4.02. The zero-order valence-electron chi connectivity index (χ0n) is 10.4. The van der Waals surface area contributed by atoms with Crippen LogP contribution in [-0.4, -0.2) is 11.8 Å². The van der Waals surface area contributed by atoms with Crippen LogP contribution in [-0.2, 0) is 10.2 Å². The van der Waals surface area contributed by atoms with Crippen LogP contribution in [0.4, 0.5) is 0 Å². The van der Waals surface area contributed by atoms with Crippen LogP contribution in [0.5, 0.6) is 0 Å². The lowest BCUT2D eigenvalue weighted by Gasteiger charge is -2.19. The predicted molar refractivity (Wildman–Crippen MR) is 63.7 cm³/mol. The zero-order valence-corrected chi connectivity index (χ0v) is 10.4. The number of Topliss-reactive ketones (excluding diaryl/α,β-unsaturated/α-hetero) is 1. The number of hydrogen-bond acceptors (Lipinski definition) is 3. The molecule has 0 heterocycles. The summed E-state index contributed by atoms with van der Waals surface area (Å²) in [6, 6.07) is 7.31. The molecule has 0 radical (unpaired) electrons. The first kappa shape index (κ1) is 13.4. The van der Waals surface area contributed by atoms with Gasteiger partial charge in [-0.3, -0.25) is 4.79 Å². The van der Waals surface area contributed by atoms with Crippen LogP contribution in [0.2, 0.25) is 0 Å². The smallest absolute Gasteiger partial charge is 0.163 e. The molecule has 1 rings (SSSR count). The summed E-state index contributed by atoms with van der Waals surface area (Å²) >= 11 is 0. The summed E-state index contributed by atoms with van der Waals surface area (Å²) in [5, 5.41) is 10.3. The molecule has 0 aliphatic rings. The summed E-state index contributed by atoms with van der Waals surface area (Å²) in [6.07, 6.45) is -0.225. The Bertz CT molecular complexity index is 410. The van der Waals surface area contributed by atoms with E-state index in [0.29, 0.717) is 5.56 Å². The van der Waals surface area contributed by atoms with Gasteiger partial charge in [-0.05, 0) is 17.4 Å². The molecule has 3 heteroatoms. The molecule has 0 amide bonds. The highest BCUT2D eigenvalue weighted by molar-refractivity contribution is 5.97. The third-order valence-electron chi connectivity index (χ3n) is 2.63. The summed E-state index contributed by atoms with van der Waals surface area (Å²) in [6.45, 7) is 6.29. The van der Waals surface area contributed by atoms with E-state index in [9.17, 15) is 14.7 Å². The first-order chi connectivity index (χ1) is 7.80. The second-order valence-electron chi connectivity index (χ2n) is 5.12. The first-order valence-corrected chi connectivity index (χ1v) is 5.64. The van der Waals surface area contributed by atoms with E-state index in [2.05, 4.69) is 20.8 Å². The number of rotatable bonds is 4. The van der Waals surface area contributed by atoms with E-state index in [1.807, 2.05) is 12.1 Å². The Labute approximate surface area is 101 Å². The number of carboxylic acid groups (broad SMARTS) is 1. The minimum absolute atomic E-state index is 0.00278. The van der Waals surface area contributed by atoms with Crippen LogP contribution in [0, 0.1) is 0 Å². The van der Waals surface area contributed by atoms with Crippen LogP contribution >= 0.6 is 0 Å². The summed E-state index contributed by atoms with van der Waals surface area (Å²) in [7, 11) is 0. The minimum Gasteiger partial charge on any atom is -0.550 e. The van der Waals surface area contributed by atoms with E-state index < -0.39 is 5.97 Å². The van der Waals surface area contributed by atoms with Gasteiger partial charge >= 0.3 is 0 Å². The number of carbonyl (C=O) groups is 2. The van der Waals surface area contributed by atoms with Crippen molar-refractivity contribution in [3.05, 3.63) is 35.4 Å². The van der Waals surface area contributed by atoms with Gasteiger partial charge in [0.2, 0.25) is 0 Å². The molecule has 1 aromatic rings. The van der Waals surface area contributed by atoms with Gasteiger partial charge in [-0.15, -0.1) is 0 Å². The van der Waals surface area contributed by atoms with Crippen LogP contribution in [0.1, 0.15) is 49.5 Å². The summed E-state index contributed by atoms with van der Waals surface area (Å²) in [5.74, 6) is -1.35. The molecule has 0 saturated heterocycles. The highest BCUT2D eigenvalue weighted by Gasteiger charge is 2.14. The number of ketones is 1. The van der Waals surface area contributed by atoms with E-state index in [-0.39, 0.29) is 24.0 Å². The maximum absolute atomic E-state index is 11.6. The highest BCUT2D eigenvalue weighted by Crippen LogP contribution is 2.22. The maximum atomic E-state index is 11.6. The van der Waals surface area contributed by atoms with Gasteiger partial charge in [-0.25, -0.2) is 0 Å². The van der Waals surface area contributed by atoms with Gasteiger partial charge in [0.15, 0.2) is 5.78 Å². The van der Waals surface area contributed by atoms with Crippen LogP contribution in [0.15, 0.2) is 24.3 Å². The largest absolute Gasteiger partial charge is 0.550 e. The number of benzene rings is 1. The predicted octanol–water partition coefficient (Wildman–Crippen LogP) is 1.70. The minimum atomic E-state index is -1.19. The Morgan fingerprint density at radius 3 is 2.00 bits per heavy atom. The Balaban J connectivity index is 2.74. The summed E-state index contributed by atoms with van der Waals surface area (Å²) in [4.78, 5) is 21.9. The number of aliphatic carboxylic acids is 1. The molecule has 17 heavy (non-hydrogen) atoms. The lowest BCUT2D eigenvalue weighted by molar-refractivity contribution is -0.305. The molecule has 0 unspecified atom stereocenters. The molecular formula is C14H17O3-. The molecule has 0 fully saturated rings. The van der Waals surface area contributed by atoms with E-state index in [1.165, 1.54) is 0 Å². The van der Waals surface area contributed by atoms with Gasteiger partial charge < -0.3 is 9.90 Å². The molecule has 92 valence electrons. The fraction of sp³-hybridized carbons (Fsp3) is 0.429. The molecule has 0 atom stereocenters. The second-order valence-corrected chi connectivity index (χ2v) is 5.12. The van der Waals surface area contributed by atoms with E-state index in [4.69, 9.17) is 0 Å². The Hall–Kier alpha value is -1.64. The molecule has 0 N–H and O–H groups in total. The fourth-order valence-electron chi connectivity index (χ4n) is 1.52. The van der Waals surface area contributed by atoms with E-state index in [0.717, 1.165) is 5.56 Å². The van der Waals surface area contributed by atoms with Gasteiger partial charge in [0, 0.05) is 18.0 Å². The van der Waals surface area contributed by atoms with Crippen molar-refractivity contribution in [3.63, 3.8) is 0 Å². The average molecular weight is 233 g/mol. The van der Waals surface area contributed by atoms with Crippen molar-refractivity contribution >= 4 is 11.8 Å². The standard InChI is InChI=1S/C14H18O3/c1-14(2,3)11-6-4-10(5-7-11)12(15)8-9-13(16)17/h4-7H,8-9H2,1-3H3,(H,16,17)/p-1. The topological polar surface area (TPSA) is 57.2 Å². The molecule has 0 aliphatic carbocycles. The highest BCUT2D eigenvalue weighted by atomic mass is 16.4. The number of carboxylic acids is 1. The van der Waals surface area contributed by atoms with Crippen molar-refractivity contribution < 1.29 is 14.7 Å². The van der Waals surface area contributed by atoms with Crippen LogP contribution < -0.4 is 5.11 Å². The molecule has 0 bridgehead atoms. The third-order valence-corrected chi connectivity index (χ3v) is 2.63. The molecule has 0 aliphatic heterocycles. The van der Waals surface area contributed by atoms with Crippen molar-refractivity contribution in [2.24, 2.45) is 0 Å². The SMILES string of the molecule is CC(C)(C)c1ccc(C(=O)CCC(=O)[O-])cc1. The van der Waals surface area contributed by atoms with Crippen molar-refractivity contribution in [2.75, 3.05) is 0 Å².